The van der Waals surface area contributed by atoms with Crippen LogP contribution in [0.1, 0.15) is 0 Å². The van der Waals surface area contributed by atoms with Crippen molar-refractivity contribution in [3.8, 4) is 16.9 Å². The van der Waals surface area contributed by atoms with Crippen LogP contribution in [0.3, 0.4) is 0 Å². The fourth-order valence-electron chi connectivity index (χ4n) is 1.88. The van der Waals surface area contributed by atoms with Crippen LogP contribution >= 0.6 is 0 Å². The molecule has 0 saturated carbocycles. The maximum Gasteiger partial charge on any atom is 0.155 e. The quantitative estimate of drug-likeness (QED) is 0.780. The van der Waals surface area contributed by atoms with E-state index < -0.39 is 0 Å². The zero-order chi connectivity index (χ0) is 14.1. The summed E-state index contributed by atoms with van der Waals surface area (Å²) in [6.07, 6.45) is 0. The Bertz CT molecular complexity index is 670. The molecule has 3 rings (SSSR count). The lowest BCUT2D eigenvalue weighted by atomic mass is 10.1. The van der Waals surface area contributed by atoms with E-state index in [0.717, 1.165) is 0 Å². The highest BCUT2D eigenvalue weighted by molar-refractivity contribution is 5.70. The van der Waals surface area contributed by atoms with Crippen LogP contribution in [0.5, 0.6) is 0 Å². The van der Waals surface area contributed by atoms with Gasteiger partial charge in [-0.3, -0.25) is 0 Å². The van der Waals surface area contributed by atoms with Gasteiger partial charge in [0, 0.05) is 5.56 Å². The average molecular weight is 272 g/mol. The van der Waals surface area contributed by atoms with Crippen LogP contribution in [-0.2, 0) is 0 Å². The van der Waals surface area contributed by atoms with Crippen LogP contribution in [-0.4, -0.2) is 15.0 Å². The van der Waals surface area contributed by atoms with E-state index >= 15 is 0 Å². The van der Waals surface area contributed by atoms with E-state index in [1.54, 1.807) is 24.3 Å². The van der Waals surface area contributed by atoms with E-state index in [-0.39, 0.29) is 11.6 Å². The molecule has 0 atom stereocenters. The fraction of sp³-hybridized carbons (Fsp3) is 0. The lowest BCUT2D eigenvalue weighted by molar-refractivity contribution is 0.626. The van der Waals surface area contributed by atoms with Crippen LogP contribution in [0.2, 0.25) is 0 Å². The molecule has 0 saturated heterocycles. The topological polar surface area (TPSA) is 56.7 Å². The maximum absolute atomic E-state index is 12.9. The summed E-state index contributed by atoms with van der Waals surface area (Å²) in [4.78, 5) is 0. The van der Waals surface area contributed by atoms with Gasteiger partial charge in [-0.25, -0.2) is 8.78 Å². The second-order valence-electron chi connectivity index (χ2n) is 4.22. The molecule has 1 aromatic heterocycles. The molecule has 6 heteroatoms. The first-order valence-electron chi connectivity index (χ1n) is 5.88. The summed E-state index contributed by atoms with van der Waals surface area (Å²) in [5.74, 6) is -0.368. The van der Waals surface area contributed by atoms with Crippen molar-refractivity contribution in [2.24, 2.45) is 0 Å². The predicted octanol–water partition coefficient (Wildman–Crippen LogP) is 2.79. The van der Waals surface area contributed by atoms with E-state index in [9.17, 15) is 8.78 Å². The van der Waals surface area contributed by atoms with Gasteiger partial charge in [0.25, 0.3) is 0 Å². The molecule has 0 radical (unpaired) electrons. The number of benzene rings is 2. The SMILES string of the molecule is Nc1c(-c2ccc(F)cc2)nnn1-c1ccc(F)cc1. The third-order valence-corrected chi connectivity index (χ3v) is 2.89. The molecule has 4 nitrogen and oxygen atoms in total. The summed E-state index contributed by atoms with van der Waals surface area (Å²) < 4.78 is 27.2. The number of halogens is 2. The summed E-state index contributed by atoms with van der Waals surface area (Å²) in [6, 6.07) is 11.5. The number of nitrogen functional groups attached to an aromatic ring is 1. The van der Waals surface area contributed by atoms with Gasteiger partial charge >= 0.3 is 0 Å². The molecule has 0 fully saturated rings. The summed E-state index contributed by atoms with van der Waals surface area (Å²) >= 11 is 0. The van der Waals surface area contributed by atoms with E-state index in [2.05, 4.69) is 10.3 Å². The molecule has 20 heavy (non-hydrogen) atoms. The van der Waals surface area contributed by atoms with Gasteiger partial charge in [0.2, 0.25) is 0 Å². The first-order chi connectivity index (χ1) is 9.65. The van der Waals surface area contributed by atoms with E-state index in [4.69, 9.17) is 5.73 Å². The lowest BCUT2D eigenvalue weighted by Gasteiger charge is -2.03. The molecular formula is C14H10F2N4. The molecule has 0 amide bonds. The number of hydrogen-bond acceptors (Lipinski definition) is 3. The molecule has 0 aliphatic rings. The number of nitrogens with zero attached hydrogens (tertiary/aromatic N) is 3. The zero-order valence-corrected chi connectivity index (χ0v) is 10.3. The molecule has 2 aromatic carbocycles. The van der Waals surface area contributed by atoms with Gasteiger partial charge < -0.3 is 5.73 Å². The molecule has 2 N–H and O–H groups in total. The number of rotatable bonds is 2. The summed E-state index contributed by atoms with van der Waals surface area (Å²) in [6.45, 7) is 0. The first kappa shape index (κ1) is 12.3. The average Bonchev–Trinajstić information content (AvgIpc) is 2.83. The number of hydrogen-bond donors (Lipinski definition) is 1. The number of aromatic nitrogens is 3. The highest BCUT2D eigenvalue weighted by atomic mass is 19.1. The van der Waals surface area contributed by atoms with Crippen molar-refractivity contribution in [1.29, 1.82) is 0 Å². The molecule has 0 aliphatic carbocycles. The zero-order valence-electron chi connectivity index (χ0n) is 10.3. The van der Waals surface area contributed by atoms with Crippen molar-refractivity contribution in [3.63, 3.8) is 0 Å². The van der Waals surface area contributed by atoms with Crippen molar-refractivity contribution < 1.29 is 8.78 Å². The van der Waals surface area contributed by atoms with Gasteiger partial charge in [-0.15, -0.1) is 5.10 Å². The second-order valence-corrected chi connectivity index (χ2v) is 4.22. The number of nitrogens with two attached hydrogens (primary N) is 1. The van der Waals surface area contributed by atoms with Crippen LogP contribution in [0.15, 0.2) is 48.5 Å². The Hall–Kier alpha value is -2.76. The van der Waals surface area contributed by atoms with Crippen molar-refractivity contribution in [3.05, 3.63) is 60.2 Å². The number of anilines is 1. The van der Waals surface area contributed by atoms with Gasteiger partial charge in [-0.1, -0.05) is 5.21 Å². The predicted molar refractivity (Wildman–Crippen MR) is 71.1 cm³/mol. The summed E-state index contributed by atoms with van der Waals surface area (Å²) in [5.41, 5.74) is 7.71. The Morgan fingerprint density at radius 2 is 1.40 bits per heavy atom. The fourth-order valence-corrected chi connectivity index (χ4v) is 1.88. The Labute approximate surface area is 113 Å². The highest BCUT2D eigenvalue weighted by Gasteiger charge is 2.13. The van der Waals surface area contributed by atoms with Crippen molar-refractivity contribution in [2.75, 3.05) is 5.73 Å². The summed E-state index contributed by atoms with van der Waals surface area (Å²) in [7, 11) is 0. The molecule has 0 spiro atoms. The Morgan fingerprint density at radius 3 is 2.00 bits per heavy atom. The van der Waals surface area contributed by atoms with Crippen molar-refractivity contribution in [1.82, 2.24) is 15.0 Å². The van der Waals surface area contributed by atoms with Gasteiger partial charge in [0.1, 0.15) is 17.3 Å². The molecule has 0 aliphatic heterocycles. The van der Waals surface area contributed by atoms with Crippen molar-refractivity contribution in [2.45, 2.75) is 0 Å². The largest absolute Gasteiger partial charge is 0.382 e. The molecule has 100 valence electrons. The normalized spacial score (nSPS) is 10.7. The monoisotopic (exact) mass is 272 g/mol. The highest BCUT2D eigenvalue weighted by Crippen LogP contribution is 2.25. The minimum Gasteiger partial charge on any atom is -0.382 e. The van der Waals surface area contributed by atoms with Gasteiger partial charge in [-0.2, -0.15) is 4.68 Å². The molecule has 0 unspecified atom stereocenters. The molecular weight excluding hydrogens is 262 g/mol. The van der Waals surface area contributed by atoms with Crippen LogP contribution in [0.25, 0.3) is 16.9 Å². The first-order valence-corrected chi connectivity index (χ1v) is 5.88. The minimum absolute atomic E-state index is 0.309. The van der Waals surface area contributed by atoms with E-state index in [1.807, 2.05) is 0 Å². The lowest BCUT2D eigenvalue weighted by Crippen LogP contribution is -2.02. The van der Waals surface area contributed by atoms with Crippen LogP contribution in [0.4, 0.5) is 14.6 Å². The van der Waals surface area contributed by atoms with Gasteiger partial charge in [0.05, 0.1) is 5.69 Å². The third-order valence-electron chi connectivity index (χ3n) is 2.89. The molecule has 1 heterocycles. The summed E-state index contributed by atoms with van der Waals surface area (Å²) in [5, 5.41) is 7.93. The van der Waals surface area contributed by atoms with E-state index in [0.29, 0.717) is 22.8 Å². The second kappa shape index (κ2) is 4.73. The molecule has 0 bridgehead atoms. The maximum atomic E-state index is 12.9. The Balaban J connectivity index is 2.04. The smallest absolute Gasteiger partial charge is 0.155 e. The molecule has 3 aromatic rings. The Morgan fingerprint density at radius 1 is 0.850 bits per heavy atom. The van der Waals surface area contributed by atoms with Gasteiger partial charge in [0.15, 0.2) is 5.82 Å². The van der Waals surface area contributed by atoms with E-state index in [1.165, 1.54) is 28.9 Å². The minimum atomic E-state index is -0.341. The van der Waals surface area contributed by atoms with Crippen molar-refractivity contribution >= 4 is 5.82 Å². The van der Waals surface area contributed by atoms with Crippen LogP contribution < -0.4 is 5.73 Å². The Kier molecular flexibility index (Phi) is 2.90. The van der Waals surface area contributed by atoms with Crippen LogP contribution in [0, 0.1) is 11.6 Å². The third kappa shape index (κ3) is 2.11. The van der Waals surface area contributed by atoms with Gasteiger partial charge in [-0.05, 0) is 48.5 Å². The standard InChI is InChI=1S/C14H10F2N4/c15-10-3-1-9(2-4-10)13-14(17)20(19-18-13)12-7-5-11(16)6-8-12/h1-8H,17H2.